The third-order valence-corrected chi connectivity index (χ3v) is 6.84. The highest BCUT2D eigenvalue weighted by Crippen LogP contribution is 2.35. The number of rotatable bonds is 9. The van der Waals surface area contributed by atoms with E-state index in [1.54, 1.807) is 31.5 Å². The van der Waals surface area contributed by atoms with Crippen LogP contribution in [0.5, 0.6) is 5.88 Å². The van der Waals surface area contributed by atoms with Gasteiger partial charge in [0.25, 0.3) is 0 Å². The maximum atomic E-state index is 14.0. The van der Waals surface area contributed by atoms with Crippen LogP contribution in [0.15, 0.2) is 73.2 Å². The van der Waals surface area contributed by atoms with Gasteiger partial charge in [0.05, 0.1) is 18.5 Å². The lowest BCUT2D eigenvalue weighted by atomic mass is 9.86. The van der Waals surface area contributed by atoms with Gasteiger partial charge in [0, 0.05) is 47.7 Å². The summed E-state index contributed by atoms with van der Waals surface area (Å²) in [5, 5.41) is 0.587. The highest BCUT2D eigenvalue weighted by atomic mass is 35.5. The number of fused-ring (bicyclic) bond motifs is 1. The Bertz CT molecular complexity index is 1500. The summed E-state index contributed by atoms with van der Waals surface area (Å²) >= 11 is 6.08. The van der Waals surface area contributed by atoms with Gasteiger partial charge in [0.1, 0.15) is 23.7 Å². The second kappa shape index (κ2) is 11.2. The molecule has 38 heavy (non-hydrogen) atoms. The lowest BCUT2D eigenvalue weighted by Gasteiger charge is -2.20. The van der Waals surface area contributed by atoms with Gasteiger partial charge in [-0.3, -0.25) is 4.79 Å². The van der Waals surface area contributed by atoms with E-state index in [1.165, 1.54) is 18.5 Å². The standard InChI is InChI=1S/C30H24ClF2N3O2/c1-38-28-9-6-20-2-3-21(29(20)36-28)13-26(37)14-22(10-18-11-24(32)15-25(33)12-18)30-27(16-34-17-35-30)19-4-7-23(31)8-5-19/h3-9,11-12,15-17,22H,2,10,13-14H2,1H3/t22-/m1/s1. The molecular formula is C30H24ClF2N3O2. The van der Waals surface area contributed by atoms with Crippen molar-refractivity contribution < 1.29 is 18.3 Å². The zero-order valence-corrected chi connectivity index (χ0v) is 21.4. The molecule has 192 valence electrons. The van der Waals surface area contributed by atoms with E-state index in [0.717, 1.165) is 34.0 Å². The van der Waals surface area contributed by atoms with Crippen molar-refractivity contribution in [2.24, 2.45) is 0 Å². The Morgan fingerprint density at radius 1 is 1.08 bits per heavy atom. The molecule has 0 aliphatic heterocycles. The van der Waals surface area contributed by atoms with Gasteiger partial charge in [-0.2, -0.15) is 0 Å². The Morgan fingerprint density at radius 3 is 2.58 bits per heavy atom. The summed E-state index contributed by atoms with van der Waals surface area (Å²) in [5.41, 5.74) is 5.29. The first kappa shape index (κ1) is 25.7. The number of nitrogens with zero attached hydrogens (tertiary/aromatic N) is 3. The van der Waals surface area contributed by atoms with Gasteiger partial charge in [0.15, 0.2) is 0 Å². The SMILES string of the molecule is COc1ccc2c(n1)C(CC(=O)C[C@@H](Cc1cc(F)cc(F)c1)c1ncncc1-c1ccc(Cl)cc1)=CC2. The Morgan fingerprint density at radius 2 is 1.84 bits per heavy atom. The maximum Gasteiger partial charge on any atom is 0.213 e. The third-order valence-electron chi connectivity index (χ3n) is 6.59. The molecule has 1 aliphatic carbocycles. The zero-order valence-electron chi connectivity index (χ0n) is 20.6. The zero-order chi connectivity index (χ0) is 26.6. The molecular weight excluding hydrogens is 508 g/mol. The highest BCUT2D eigenvalue weighted by Gasteiger charge is 2.25. The number of Topliss-reactive ketones (excluding diaryl/α,β-unsaturated/α-hetero) is 1. The number of hydrogen-bond donors (Lipinski definition) is 0. The van der Waals surface area contributed by atoms with E-state index in [2.05, 4.69) is 15.0 Å². The van der Waals surface area contributed by atoms with Crippen molar-refractivity contribution in [3.05, 3.63) is 112 Å². The Hall–Kier alpha value is -3.97. The minimum Gasteiger partial charge on any atom is -0.481 e. The van der Waals surface area contributed by atoms with Crippen LogP contribution in [-0.2, 0) is 17.6 Å². The molecule has 1 atom stereocenters. The van der Waals surface area contributed by atoms with Crippen LogP contribution in [0.25, 0.3) is 16.7 Å². The topological polar surface area (TPSA) is 65.0 Å². The number of hydrogen-bond acceptors (Lipinski definition) is 5. The van der Waals surface area contributed by atoms with Crippen LogP contribution in [0.4, 0.5) is 8.78 Å². The minimum absolute atomic E-state index is 0.0312. The minimum atomic E-state index is -0.668. The monoisotopic (exact) mass is 531 g/mol. The smallest absolute Gasteiger partial charge is 0.213 e. The quantitative estimate of drug-likeness (QED) is 0.238. The largest absolute Gasteiger partial charge is 0.481 e. The van der Waals surface area contributed by atoms with Crippen LogP contribution >= 0.6 is 11.6 Å². The third kappa shape index (κ3) is 5.78. The summed E-state index contributed by atoms with van der Waals surface area (Å²) in [6, 6.07) is 14.4. The van der Waals surface area contributed by atoms with Crippen molar-refractivity contribution in [3.8, 4) is 17.0 Å². The van der Waals surface area contributed by atoms with E-state index in [9.17, 15) is 13.6 Å². The molecule has 0 fully saturated rings. The van der Waals surface area contributed by atoms with Gasteiger partial charge in [-0.05, 0) is 59.4 Å². The normalized spacial score (nSPS) is 13.1. The van der Waals surface area contributed by atoms with Crippen molar-refractivity contribution in [1.82, 2.24) is 15.0 Å². The van der Waals surface area contributed by atoms with Crippen LogP contribution in [0, 0.1) is 11.6 Å². The Balaban J connectivity index is 1.46. The molecule has 0 saturated carbocycles. The molecule has 0 saturated heterocycles. The molecule has 8 heteroatoms. The van der Waals surface area contributed by atoms with Crippen LogP contribution in [0.2, 0.25) is 5.02 Å². The number of pyridine rings is 1. The van der Waals surface area contributed by atoms with E-state index in [1.807, 2.05) is 24.3 Å². The lowest BCUT2D eigenvalue weighted by Crippen LogP contribution is -2.14. The van der Waals surface area contributed by atoms with Crippen molar-refractivity contribution in [3.63, 3.8) is 0 Å². The van der Waals surface area contributed by atoms with Crippen molar-refractivity contribution >= 4 is 23.0 Å². The Labute approximate surface area is 224 Å². The van der Waals surface area contributed by atoms with E-state index in [-0.39, 0.29) is 25.0 Å². The van der Waals surface area contributed by atoms with Crippen LogP contribution < -0.4 is 4.74 Å². The number of halogens is 3. The molecule has 5 rings (SSSR count). The van der Waals surface area contributed by atoms with Crippen LogP contribution in [0.1, 0.15) is 41.3 Å². The fraction of sp³-hybridized carbons (Fsp3) is 0.200. The first-order valence-corrected chi connectivity index (χ1v) is 12.5. The number of allylic oxidation sites excluding steroid dienone is 2. The molecule has 2 aromatic carbocycles. The summed E-state index contributed by atoms with van der Waals surface area (Å²) in [4.78, 5) is 26.7. The Kier molecular flexibility index (Phi) is 7.56. The van der Waals surface area contributed by atoms with E-state index >= 15 is 0 Å². The van der Waals surface area contributed by atoms with Gasteiger partial charge >= 0.3 is 0 Å². The molecule has 0 N–H and O–H groups in total. The van der Waals surface area contributed by atoms with Crippen molar-refractivity contribution in [2.45, 2.75) is 31.6 Å². The lowest BCUT2D eigenvalue weighted by molar-refractivity contribution is -0.118. The average Bonchev–Trinajstić information content (AvgIpc) is 3.29. The number of ketones is 1. The molecule has 0 amide bonds. The molecule has 0 spiro atoms. The summed E-state index contributed by atoms with van der Waals surface area (Å²) < 4.78 is 33.3. The predicted molar refractivity (Wildman–Crippen MR) is 142 cm³/mol. The molecule has 0 radical (unpaired) electrons. The summed E-state index contributed by atoms with van der Waals surface area (Å²) in [5.74, 6) is -1.33. The highest BCUT2D eigenvalue weighted by molar-refractivity contribution is 6.30. The summed E-state index contributed by atoms with van der Waals surface area (Å²) in [6.45, 7) is 0. The fourth-order valence-electron chi connectivity index (χ4n) is 4.87. The summed E-state index contributed by atoms with van der Waals surface area (Å²) in [6.07, 6.45) is 6.34. The second-order valence-electron chi connectivity index (χ2n) is 9.22. The number of aromatic nitrogens is 3. The fourth-order valence-corrected chi connectivity index (χ4v) is 4.99. The van der Waals surface area contributed by atoms with E-state index in [4.69, 9.17) is 16.3 Å². The van der Waals surface area contributed by atoms with Crippen molar-refractivity contribution in [2.75, 3.05) is 7.11 Å². The van der Waals surface area contributed by atoms with Crippen molar-refractivity contribution in [1.29, 1.82) is 0 Å². The first-order valence-electron chi connectivity index (χ1n) is 12.2. The molecule has 4 aromatic rings. The number of carbonyl (C=O) groups excluding carboxylic acids is 1. The van der Waals surface area contributed by atoms with Crippen LogP contribution in [-0.4, -0.2) is 27.8 Å². The maximum absolute atomic E-state index is 14.0. The molecule has 5 nitrogen and oxygen atoms in total. The molecule has 2 heterocycles. The van der Waals surface area contributed by atoms with Gasteiger partial charge in [-0.15, -0.1) is 0 Å². The van der Waals surface area contributed by atoms with E-state index < -0.39 is 17.6 Å². The van der Waals surface area contributed by atoms with Gasteiger partial charge in [-0.1, -0.05) is 35.9 Å². The molecule has 1 aliphatic rings. The number of methoxy groups -OCH3 is 1. The number of ether oxygens (including phenoxy) is 1. The molecule has 2 aromatic heterocycles. The van der Waals surface area contributed by atoms with Gasteiger partial charge in [-0.25, -0.2) is 23.7 Å². The predicted octanol–water partition coefficient (Wildman–Crippen LogP) is 6.79. The van der Waals surface area contributed by atoms with Crippen LogP contribution in [0.3, 0.4) is 0 Å². The van der Waals surface area contributed by atoms with E-state index in [0.29, 0.717) is 28.6 Å². The molecule has 0 bridgehead atoms. The second-order valence-corrected chi connectivity index (χ2v) is 9.66. The average molecular weight is 532 g/mol. The van der Waals surface area contributed by atoms with Gasteiger partial charge < -0.3 is 4.74 Å². The summed E-state index contributed by atoms with van der Waals surface area (Å²) in [7, 11) is 1.55. The molecule has 0 unspecified atom stereocenters. The number of benzene rings is 2. The number of carbonyl (C=O) groups is 1. The first-order chi connectivity index (χ1) is 18.4. The van der Waals surface area contributed by atoms with Gasteiger partial charge in [0.2, 0.25) is 5.88 Å².